The monoisotopic (exact) mass is 1540 g/mol. The standard InChI is InChI=1S/3C10H15N.C9H14N2.4C9H13NO.2C9H13NS/c1-5-9-6-8(7-11-9)10(2,3)4;1-5-9-8(6-7-11-9)10(2,3)4;1-5-8-6-7-9(11-8)10(2,3)4;1-5-7-6-8(11-10-7)9(2,3)4;1-5-8-10-7(6-11-8)9(2,3)4;1-5-8-10-6-7(11-8)9(2,3)4;1-5-8-7(6-11-10-8)9(2,3)4;1-5-7-6-8(11-10-7)9(2,3)4;1-5-8-10-7(6-11-8)9(2,3)4;1-5-8-7(6-11-10-8)9(2,3)4/h2*5-6H,1,7H2,2-4H3;5,7H,1,6H2,2-4H3;5-6H,1H2,2-4H3,(H,10,11);6*5-6H,1H2,2-4H3. The van der Waals surface area contributed by atoms with Gasteiger partial charge in [0, 0.05) is 78.4 Å². The van der Waals surface area contributed by atoms with E-state index in [4.69, 9.17) is 17.9 Å². The first-order valence-corrected chi connectivity index (χ1v) is 39.0. The molecule has 0 spiro atoms. The van der Waals surface area contributed by atoms with Crippen LogP contribution in [0.2, 0.25) is 0 Å². The summed E-state index contributed by atoms with van der Waals surface area (Å²) in [6, 6.07) is 3.93. The van der Waals surface area contributed by atoms with Crippen LogP contribution in [0, 0.1) is 16.2 Å². The minimum Gasteiger partial charge on any atom is -0.445 e. The van der Waals surface area contributed by atoms with E-state index in [1.807, 2.05) is 30.4 Å². The van der Waals surface area contributed by atoms with E-state index in [0.717, 1.165) is 98.6 Å². The Balaban J connectivity index is 0.000000611. The van der Waals surface area contributed by atoms with Gasteiger partial charge in [-0.1, -0.05) is 296 Å². The summed E-state index contributed by atoms with van der Waals surface area (Å²) in [6.45, 7) is 103. The number of nitrogens with zero attached hydrogens (tertiary/aromatic N) is 10. The predicted octanol–water partition coefficient (Wildman–Crippen LogP) is 27.1. The molecule has 1 N–H and O–H groups in total. The third-order valence-electron chi connectivity index (χ3n) is 16.2. The van der Waals surface area contributed by atoms with Crippen LogP contribution >= 0.6 is 22.9 Å². The lowest BCUT2D eigenvalue weighted by Gasteiger charge is -2.20. The molecular weight excluding hydrogens is 1400 g/mol. The zero-order valence-corrected chi connectivity index (χ0v) is 74.8. The minimum atomic E-state index is 0.0360. The fraction of sp³-hybridized carbons (Fsp3) is 0.462. The number of H-pyrrole nitrogens is 1. The Kier molecular flexibility index (Phi) is 38.6. The second-order valence-corrected chi connectivity index (χ2v) is 38.0. The summed E-state index contributed by atoms with van der Waals surface area (Å²) in [4.78, 5) is 25.7. The van der Waals surface area contributed by atoms with Crippen LogP contribution < -0.4 is 0 Å². The maximum absolute atomic E-state index is 5.37. The molecule has 3 aliphatic heterocycles. The molecule has 600 valence electrons. The quantitative estimate of drug-likeness (QED) is 0.137. The third kappa shape index (κ3) is 35.3. The SMILES string of the molecule is C=CC1=NC(C(C)(C)C)=CC1.C=CC1=NCC(C(C)(C)C)=C1.C=CC1=NCC=C1C(C)(C)C.C=Cc1cc(C(C)(C)C)[nH]n1.C=Cc1cc(C(C)(C)C)on1.C=Cc1nc(C(C)(C)C)co1.C=Cc1nc(C(C)(C)C)cs1.C=Cc1ncc(C(C)(C)C)o1.C=Cc1nocc1C(C)(C)C.C=Cc1nscc1C(C)(C)C. The number of oxazole rings is 2. The highest BCUT2D eigenvalue weighted by Crippen LogP contribution is 2.34. The van der Waals surface area contributed by atoms with Crippen LogP contribution in [-0.2, 0) is 37.9 Å². The van der Waals surface area contributed by atoms with Crippen LogP contribution in [0.25, 0.3) is 42.5 Å². The molecule has 0 radical (unpaired) electrons. The van der Waals surface area contributed by atoms with Crippen molar-refractivity contribution in [2.24, 2.45) is 31.2 Å². The topological polar surface area (TPSA) is 196 Å². The Morgan fingerprint density at radius 3 is 1.35 bits per heavy atom. The normalized spacial score (nSPS) is 13.4. The lowest BCUT2D eigenvalue weighted by Crippen LogP contribution is -2.14. The minimum absolute atomic E-state index is 0.0360. The fourth-order valence-corrected chi connectivity index (χ4v) is 10.8. The fourth-order valence-electron chi connectivity index (χ4n) is 9.02. The molecule has 0 aromatic carbocycles. The molecule has 10 heterocycles. The van der Waals surface area contributed by atoms with Crippen LogP contribution in [0.3, 0.4) is 0 Å². The molecule has 0 fully saturated rings. The van der Waals surface area contributed by atoms with Crippen LogP contribution in [0.15, 0.2) is 194 Å². The summed E-state index contributed by atoms with van der Waals surface area (Å²) in [5.74, 6) is 2.98. The van der Waals surface area contributed by atoms with Gasteiger partial charge in [-0.3, -0.25) is 20.1 Å². The van der Waals surface area contributed by atoms with Gasteiger partial charge in [-0.15, -0.1) is 11.3 Å². The molecule has 3 aliphatic rings. The number of nitrogens with one attached hydrogen (secondary N) is 1. The van der Waals surface area contributed by atoms with Crippen LogP contribution in [-0.4, -0.2) is 70.1 Å². The van der Waals surface area contributed by atoms with E-state index in [1.54, 1.807) is 72.6 Å². The highest BCUT2D eigenvalue weighted by Gasteiger charge is 2.26. The number of aromatic nitrogens is 8. The van der Waals surface area contributed by atoms with Gasteiger partial charge in [-0.05, 0) is 123 Å². The first kappa shape index (κ1) is 98.9. The van der Waals surface area contributed by atoms with Crippen molar-refractivity contribution in [3.63, 3.8) is 0 Å². The van der Waals surface area contributed by atoms with Gasteiger partial charge in [0.05, 0.1) is 53.5 Å². The first-order chi connectivity index (χ1) is 50.4. The van der Waals surface area contributed by atoms with Gasteiger partial charge in [0.1, 0.15) is 40.4 Å². The largest absolute Gasteiger partial charge is 0.445 e. The Hall–Kier alpha value is -9.06. The van der Waals surface area contributed by atoms with Gasteiger partial charge in [0.25, 0.3) is 0 Å². The summed E-state index contributed by atoms with van der Waals surface area (Å²) >= 11 is 3.14. The maximum atomic E-state index is 5.37. The van der Waals surface area contributed by atoms with Crippen LogP contribution in [0.1, 0.15) is 293 Å². The van der Waals surface area contributed by atoms with Crippen molar-refractivity contribution in [3.05, 3.63) is 240 Å². The number of hydrogen-bond acceptors (Lipinski definition) is 16. The van der Waals surface area contributed by atoms with Crippen LogP contribution in [0.5, 0.6) is 0 Å². The van der Waals surface area contributed by atoms with Crippen molar-refractivity contribution in [1.29, 1.82) is 0 Å². The maximum Gasteiger partial charge on any atom is 0.218 e. The van der Waals surface area contributed by atoms with Crippen molar-refractivity contribution >= 4 is 82.5 Å². The van der Waals surface area contributed by atoms with Crippen molar-refractivity contribution in [2.45, 2.75) is 252 Å². The number of thiazole rings is 1. The van der Waals surface area contributed by atoms with Gasteiger partial charge >= 0.3 is 0 Å². The van der Waals surface area contributed by atoms with Crippen molar-refractivity contribution in [3.8, 4) is 0 Å². The molecule has 110 heavy (non-hydrogen) atoms. The summed E-state index contributed by atoms with van der Waals surface area (Å²) < 4.78 is 24.6. The Morgan fingerprint density at radius 1 is 0.473 bits per heavy atom. The molecule has 0 saturated carbocycles. The number of allylic oxidation sites excluding steroid dienone is 7. The zero-order chi connectivity index (χ0) is 84.8. The van der Waals surface area contributed by atoms with E-state index in [-0.39, 0.29) is 54.1 Å². The highest BCUT2D eigenvalue weighted by atomic mass is 32.1. The van der Waals surface area contributed by atoms with E-state index < -0.39 is 0 Å². The van der Waals surface area contributed by atoms with Crippen LogP contribution in [0.4, 0.5) is 0 Å². The lowest BCUT2D eigenvalue weighted by atomic mass is 9.84. The summed E-state index contributed by atoms with van der Waals surface area (Å²) in [5.41, 5.74) is 17.7. The second-order valence-electron chi connectivity index (χ2n) is 36.4. The van der Waals surface area contributed by atoms with Gasteiger partial charge in [-0.2, -0.15) is 9.47 Å². The number of aliphatic imine (C=N–C) groups is 3. The van der Waals surface area contributed by atoms with E-state index in [1.165, 1.54) is 33.9 Å². The predicted molar refractivity (Wildman–Crippen MR) is 480 cm³/mol. The van der Waals surface area contributed by atoms with Crippen molar-refractivity contribution in [2.75, 3.05) is 13.1 Å². The first-order valence-electron chi connectivity index (χ1n) is 37.3. The smallest absolute Gasteiger partial charge is 0.218 e. The molecule has 17 heteroatoms. The molecule has 10 rings (SSSR count). The molecule has 0 unspecified atom stereocenters. The summed E-state index contributed by atoms with van der Waals surface area (Å²) in [7, 11) is 0. The summed E-state index contributed by atoms with van der Waals surface area (Å²) in [6.07, 6.45) is 30.0. The Morgan fingerprint density at radius 2 is 1.05 bits per heavy atom. The highest BCUT2D eigenvalue weighted by molar-refractivity contribution is 7.10. The Labute approximate surface area is 672 Å². The van der Waals surface area contributed by atoms with E-state index in [2.05, 4.69) is 357 Å². The van der Waals surface area contributed by atoms with Gasteiger partial charge < -0.3 is 17.9 Å². The van der Waals surface area contributed by atoms with E-state index >= 15 is 0 Å². The van der Waals surface area contributed by atoms with Crippen molar-refractivity contribution in [1.82, 2.24) is 39.8 Å². The molecule has 15 nitrogen and oxygen atoms in total. The molecule has 7 aromatic rings. The van der Waals surface area contributed by atoms with E-state index in [0.29, 0.717) is 11.8 Å². The number of aromatic amines is 1. The number of rotatable bonds is 10. The zero-order valence-electron chi connectivity index (χ0n) is 73.2. The van der Waals surface area contributed by atoms with Gasteiger partial charge in [-0.25, -0.2) is 15.0 Å². The second kappa shape index (κ2) is 42.9. The third-order valence-corrected chi connectivity index (χ3v) is 17.7. The van der Waals surface area contributed by atoms with E-state index in [9.17, 15) is 0 Å². The average molecular weight is 1540 g/mol. The van der Waals surface area contributed by atoms with Gasteiger partial charge in [0.2, 0.25) is 11.8 Å². The molecular formula is C93H137N11O4S2. The molecule has 0 saturated heterocycles. The Bertz CT molecular complexity index is 3910. The molecule has 0 bridgehead atoms. The molecule has 7 aromatic heterocycles. The average Bonchev–Trinajstić information content (AvgIpc) is 1.68. The lowest BCUT2D eigenvalue weighted by molar-refractivity contribution is 0.328. The number of hydrogen-bond donors (Lipinski definition) is 1. The molecule has 0 atom stereocenters. The van der Waals surface area contributed by atoms with Gasteiger partial charge in [0.15, 0.2) is 0 Å². The van der Waals surface area contributed by atoms with Crippen molar-refractivity contribution < 1.29 is 17.9 Å². The molecule has 0 aliphatic carbocycles. The molecule has 0 amide bonds. The summed E-state index contributed by atoms with van der Waals surface area (Å²) in [5, 5.41) is 19.8.